The lowest BCUT2D eigenvalue weighted by Crippen LogP contribution is -2.21. The Bertz CT molecular complexity index is 166. The Balaban J connectivity index is 2.99. The van der Waals surface area contributed by atoms with E-state index in [0.29, 0.717) is 6.61 Å². The molecule has 18 heavy (non-hydrogen) atoms. The average molecular weight is 276 g/mol. The van der Waals surface area contributed by atoms with Gasteiger partial charge in [0, 0.05) is 6.61 Å². The number of thiol groups is 1. The lowest BCUT2D eigenvalue weighted by atomic mass is 10.1. The molecule has 0 saturated heterocycles. The van der Waals surface area contributed by atoms with Crippen molar-refractivity contribution in [1.29, 1.82) is 0 Å². The third kappa shape index (κ3) is 16.3. The monoisotopic (exact) mass is 276 g/mol. The van der Waals surface area contributed by atoms with E-state index in [1.165, 1.54) is 44.9 Å². The second kappa shape index (κ2) is 12.3. The van der Waals surface area contributed by atoms with Gasteiger partial charge in [-0.15, -0.1) is 0 Å². The lowest BCUT2D eigenvalue weighted by Gasteiger charge is -2.19. The van der Waals surface area contributed by atoms with Crippen molar-refractivity contribution in [3.05, 3.63) is 0 Å². The summed E-state index contributed by atoms with van der Waals surface area (Å²) in [6, 6.07) is 0. The first-order chi connectivity index (χ1) is 8.56. The molecule has 0 rings (SSSR count). The first kappa shape index (κ1) is 18.3. The van der Waals surface area contributed by atoms with Crippen molar-refractivity contribution < 1.29 is 9.47 Å². The summed E-state index contributed by atoms with van der Waals surface area (Å²) in [5, 5.41) is 0. The number of hydrogen-bond donors (Lipinski definition) is 1. The van der Waals surface area contributed by atoms with Crippen molar-refractivity contribution in [2.45, 2.75) is 71.3 Å². The van der Waals surface area contributed by atoms with Gasteiger partial charge in [-0.3, -0.25) is 0 Å². The van der Waals surface area contributed by atoms with E-state index in [9.17, 15) is 0 Å². The van der Waals surface area contributed by atoms with Gasteiger partial charge in [0.2, 0.25) is 0 Å². The minimum Gasteiger partial charge on any atom is -0.379 e. The van der Waals surface area contributed by atoms with Gasteiger partial charge >= 0.3 is 0 Å². The van der Waals surface area contributed by atoms with Crippen molar-refractivity contribution in [2.24, 2.45) is 0 Å². The van der Waals surface area contributed by atoms with E-state index in [4.69, 9.17) is 9.47 Å². The van der Waals surface area contributed by atoms with Crippen LogP contribution < -0.4 is 0 Å². The maximum atomic E-state index is 5.58. The summed E-state index contributed by atoms with van der Waals surface area (Å²) in [6.07, 6.45) is 9.14. The standard InChI is InChI=1S/C15H32O2S/c1-15(2,3)17-13-12-16-11-9-7-5-4-6-8-10-14-18/h18H,4-14H2,1-3H3. The molecule has 0 saturated carbocycles. The molecular formula is C15H32O2S. The lowest BCUT2D eigenvalue weighted by molar-refractivity contribution is -0.0351. The summed E-state index contributed by atoms with van der Waals surface area (Å²) in [6.45, 7) is 8.51. The molecule has 0 aliphatic rings. The predicted octanol–water partition coefficient (Wildman–Crippen LogP) is 4.48. The van der Waals surface area contributed by atoms with E-state index >= 15 is 0 Å². The van der Waals surface area contributed by atoms with Gasteiger partial charge in [0.05, 0.1) is 18.8 Å². The van der Waals surface area contributed by atoms with Crippen LogP contribution in [0.15, 0.2) is 0 Å². The highest BCUT2D eigenvalue weighted by Gasteiger charge is 2.08. The van der Waals surface area contributed by atoms with Crippen LogP contribution in [0.3, 0.4) is 0 Å². The quantitative estimate of drug-likeness (QED) is 0.418. The third-order valence-corrected chi connectivity index (χ3v) is 3.03. The Labute approximate surface area is 119 Å². The topological polar surface area (TPSA) is 18.5 Å². The van der Waals surface area contributed by atoms with Crippen LogP contribution in [0.5, 0.6) is 0 Å². The fraction of sp³-hybridized carbons (Fsp3) is 1.00. The molecule has 0 atom stereocenters. The Morgan fingerprint density at radius 3 is 1.83 bits per heavy atom. The van der Waals surface area contributed by atoms with Crippen LogP contribution in [-0.2, 0) is 9.47 Å². The largest absolute Gasteiger partial charge is 0.379 e. The Morgan fingerprint density at radius 2 is 1.28 bits per heavy atom. The van der Waals surface area contributed by atoms with Crippen LogP contribution in [0, 0.1) is 0 Å². The first-order valence-corrected chi connectivity index (χ1v) is 8.02. The van der Waals surface area contributed by atoms with E-state index in [2.05, 4.69) is 33.4 Å². The molecule has 0 amide bonds. The zero-order chi connectivity index (χ0) is 13.7. The Morgan fingerprint density at radius 1 is 0.722 bits per heavy atom. The summed E-state index contributed by atoms with van der Waals surface area (Å²) in [5.41, 5.74) is -0.0453. The molecule has 0 aromatic rings. The van der Waals surface area contributed by atoms with Crippen LogP contribution >= 0.6 is 12.6 Å². The molecule has 2 nitrogen and oxygen atoms in total. The number of rotatable bonds is 12. The van der Waals surface area contributed by atoms with Crippen LogP contribution in [0.2, 0.25) is 0 Å². The van der Waals surface area contributed by atoms with Gasteiger partial charge in [0.1, 0.15) is 0 Å². The van der Waals surface area contributed by atoms with E-state index in [1.54, 1.807) is 0 Å². The molecule has 0 fully saturated rings. The van der Waals surface area contributed by atoms with Gasteiger partial charge in [-0.1, -0.05) is 32.1 Å². The van der Waals surface area contributed by atoms with E-state index in [-0.39, 0.29) is 5.60 Å². The molecule has 0 aromatic heterocycles. The maximum absolute atomic E-state index is 5.58. The van der Waals surface area contributed by atoms with Crippen LogP contribution in [-0.4, -0.2) is 31.2 Å². The molecule has 0 heterocycles. The normalized spacial score (nSPS) is 12.0. The number of ether oxygens (including phenoxy) is 2. The summed E-state index contributed by atoms with van der Waals surface area (Å²) in [5.74, 6) is 1.03. The van der Waals surface area contributed by atoms with Crippen LogP contribution in [0.4, 0.5) is 0 Å². The molecule has 0 unspecified atom stereocenters. The summed E-state index contributed by atoms with van der Waals surface area (Å²) in [7, 11) is 0. The minimum absolute atomic E-state index is 0.0453. The highest BCUT2D eigenvalue weighted by Crippen LogP contribution is 2.08. The molecule has 0 radical (unpaired) electrons. The van der Waals surface area contributed by atoms with Crippen molar-refractivity contribution >= 4 is 12.6 Å². The molecule has 0 aliphatic heterocycles. The highest BCUT2D eigenvalue weighted by atomic mass is 32.1. The average Bonchev–Trinajstić information content (AvgIpc) is 2.29. The van der Waals surface area contributed by atoms with Crippen LogP contribution in [0.1, 0.15) is 65.7 Å². The van der Waals surface area contributed by atoms with Crippen molar-refractivity contribution in [2.75, 3.05) is 25.6 Å². The molecule has 0 spiro atoms. The molecular weight excluding hydrogens is 244 g/mol. The van der Waals surface area contributed by atoms with Gasteiger partial charge in [0.25, 0.3) is 0 Å². The van der Waals surface area contributed by atoms with E-state index < -0.39 is 0 Å². The van der Waals surface area contributed by atoms with Crippen molar-refractivity contribution in [1.82, 2.24) is 0 Å². The number of hydrogen-bond acceptors (Lipinski definition) is 3. The fourth-order valence-electron chi connectivity index (χ4n) is 1.71. The molecule has 0 bridgehead atoms. The summed E-state index contributed by atoms with van der Waals surface area (Å²) < 4.78 is 11.1. The van der Waals surface area contributed by atoms with Crippen molar-refractivity contribution in [3.8, 4) is 0 Å². The van der Waals surface area contributed by atoms with Gasteiger partial charge in [0.15, 0.2) is 0 Å². The number of unbranched alkanes of at least 4 members (excludes halogenated alkanes) is 6. The Kier molecular flexibility index (Phi) is 12.5. The molecule has 110 valence electrons. The smallest absolute Gasteiger partial charge is 0.0707 e. The SMILES string of the molecule is CC(C)(C)OCCOCCCCCCCCCS. The van der Waals surface area contributed by atoms with Gasteiger partial charge in [-0.2, -0.15) is 12.6 Å². The summed E-state index contributed by atoms with van der Waals surface area (Å²) >= 11 is 4.21. The minimum atomic E-state index is -0.0453. The first-order valence-electron chi connectivity index (χ1n) is 7.39. The van der Waals surface area contributed by atoms with Gasteiger partial charge in [-0.25, -0.2) is 0 Å². The maximum Gasteiger partial charge on any atom is 0.0707 e. The van der Waals surface area contributed by atoms with Crippen molar-refractivity contribution in [3.63, 3.8) is 0 Å². The van der Waals surface area contributed by atoms with Gasteiger partial charge < -0.3 is 9.47 Å². The third-order valence-electron chi connectivity index (χ3n) is 2.71. The zero-order valence-electron chi connectivity index (χ0n) is 12.5. The molecule has 0 N–H and O–H groups in total. The van der Waals surface area contributed by atoms with E-state index in [1.807, 2.05) is 0 Å². The van der Waals surface area contributed by atoms with E-state index in [0.717, 1.165) is 19.0 Å². The predicted molar refractivity (Wildman–Crippen MR) is 82.7 cm³/mol. The fourth-order valence-corrected chi connectivity index (χ4v) is 1.93. The molecule has 3 heteroatoms. The Hall–Kier alpha value is 0.270. The van der Waals surface area contributed by atoms with Gasteiger partial charge in [-0.05, 0) is 39.4 Å². The zero-order valence-corrected chi connectivity index (χ0v) is 13.4. The molecule has 0 aromatic carbocycles. The highest BCUT2D eigenvalue weighted by molar-refractivity contribution is 7.80. The summed E-state index contributed by atoms with van der Waals surface area (Å²) in [4.78, 5) is 0. The molecule has 0 aliphatic carbocycles. The second-order valence-electron chi connectivity index (χ2n) is 5.77. The van der Waals surface area contributed by atoms with Crippen LogP contribution in [0.25, 0.3) is 0 Å². The second-order valence-corrected chi connectivity index (χ2v) is 6.22.